The van der Waals surface area contributed by atoms with Crippen LogP contribution in [0.1, 0.15) is 58.8 Å². The Morgan fingerprint density at radius 1 is 1.21 bits per heavy atom. The lowest BCUT2D eigenvalue weighted by Gasteiger charge is -2.32. The summed E-state index contributed by atoms with van der Waals surface area (Å²) in [4.78, 5) is 13.2. The van der Waals surface area contributed by atoms with E-state index in [1.54, 1.807) is 6.92 Å². The number of carbonyl (C=O) groups is 1. The molecule has 0 radical (unpaired) electrons. The molecule has 110 valence electrons. The first kappa shape index (κ1) is 14.8. The summed E-state index contributed by atoms with van der Waals surface area (Å²) in [7, 11) is 0. The van der Waals surface area contributed by atoms with Crippen molar-refractivity contribution in [1.82, 2.24) is 10.2 Å². The summed E-state index contributed by atoms with van der Waals surface area (Å²) in [5, 5.41) is 3.71. The van der Waals surface area contributed by atoms with Crippen LogP contribution in [0, 0.1) is 11.8 Å². The summed E-state index contributed by atoms with van der Waals surface area (Å²) in [6.07, 6.45) is 9.34. The van der Waals surface area contributed by atoms with E-state index in [1.165, 1.54) is 38.6 Å². The molecule has 0 spiro atoms. The quantitative estimate of drug-likeness (QED) is 0.848. The minimum Gasteiger partial charge on any atom is -0.343 e. The number of nitrogens with one attached hydrogen (secondary N) is 1. The van der Waals surface area contributed by atoms with E-state index in [4.69, 9.17) is 0 Å². The maximum Gasteiger partial charge on any atom is 0.219 e. The van der Waals surface area contributed by atoms with Gasteiger partial charge in [-0.3, -0.25) is 4.79 Å². The van der Waals surface area contributed by atoms with E-state index >= 15 is 0 Å². The van der Waals surface area contributed by atoms with Crippen molar-refractivity contribution in [2.24, 2.45) is 11.8 Å². The summed E-state index contributed by atoms with van der Waals surface area (Å²) < 4.78 is 0. The number of amides is 1. The molecular weight excluding hydrogens is 236 g/mol. The normalized spacial score (nSPS) is 29.5. The van der Waals surface area contributed by atoms with Crippen LogP contribution in [-0.4, -0.2) is 36.5 Å². The largest absolute Gasteiger partial charge is 0.343 e. The Hall–Kier alpha value is -0.570. The average Bonchev–Trinajstić information content (AvgIpc) is 2.39. The van der Waals surface area contributed by atoms with Crippen molar-refractivity contribution in [3.8, 4) is 0 Å². The molecular formula is C16H30N2O. The number of hydrogen-bond donors (Lipinski definition) is 1. The van der Waals surface area contributed by atoms with Gasteiger partial charge in [-0.05, 0) is 44.1 Å². The van der Waals surface area contributed by atoms with Gasteiger partial charge in [-0.15, -0.1) is 0 Å². The highest BCUT2D eigenvalue weighted by Gasteiger charge is 2.21. The second-order valence-electron chi connectivity index (χ2n) is 6.66. The van der Waals surface area contributed by atoms with Crippen molar-refractivity contribution < 1.29 is 4.79 Å². The van der Waals surface area contributed by atoms with E-state index < -0.39 is 0 Å². The number of carbonyl (C=O) groups excluding carboxylic acids is 1. The number of piperidine rings is 1. The fourth-order valence-electron chi connectivity index (χ4n) is 3.71. The van der Waals surface area contributed by atoms with Gasteiger partial charge in [-0.25, -0.2) is 0 Å². The van der Waals surface area contributed by atoms with Crippen LogP contribution in [-0.2, 0) is 4.79 Å². The minimum absolute atomic E-state index is 0.231. The molecule has 3 heteroatoms. The van der Waals surface area contributed by atoms with Crippen LogP contribution < -0.4 is 5.32 Å². The summed E-state index contributed by atoms with van der Waals surface area (Å²) in [5.41, 5.74) is 0. The molecule has 1 heterocycles. The molecule has 19 heavy (non-hydrogen) atoms. The first-order valence-electron chi connectivity index (χ1n) is 8.14. The van der Waals surface area contributed by atoms with Crippen molar-refractivity contribution in [3.05, 3.63) is 0 Å². The molecule has 2 fully saturated rings. The van der Waals surface area contributed by atoms with Crippen molar-refractivity contribution in [1.29, 1.82) is 0 Å². The van der Waals surface area contributed by atoms with E-state index in [9.17, 15) is 4.79 Å². The van der Waals surface area contributed by atoms with Crippen molar-refractivity contribution in [3.63, 3.8) is 0 Å². The van der Waals surface area contributed by atoms with Gasteiger partial charge in [0.1, 0.15) is 0 Å². The third-order valence-corrected chi connectivity index (χ3v) is 4.97. The van der Waals surface area contributed by atoms with Crippen LogP contribution in [0.2, 0.25) is 0 Å². The molecule has 2 rings (SSSR count). The molecule has 1 aliphatic carbocycles. The Bertz CT molecular complexity index is 284. The maximum atomic E-state index is 11.3. The molecule has 1 aliphatic heterocycles. The van der Waals surface area contributed by atoms with Crippen molar-refractivity contribution in [2.45, 2.75) is 64.8 Å². The summed E-state index contributed by atoms with van der Waals surface area (Å²) >= 11 is 0. The van der Waals surface area contributed by atoms with Crippen LogP contribution in [0.5, 0.6) is 0 Å². The Labute approximate surface area is 118 Å². The van der Waals surface area contributed by atoms with Gasteiger partial charge in [0, 0.05) is 26.1 Å². The maximum absolute atomic E-state index is 11.3. The molecule has 1 saturated carbocycles. The van der Waals surface area contributed by atoms with Gasteiger partial charge in [0.25, 0.3) is 0 Å². The molecule has 2 aliphatic rings. The van der Waals surface area contributed by atoms with Gasteiger partial charge in [0.2, 0.25) is 5.91 Å². The highest BCUT2D eigenvalue weighted by molar-refractivity contribution is 5.73. The highest BCUT2D eigenvalue weighted by Crippen LogP contribution is 2.30. The SMILES string of the molecule is CC(=O)N1CCC(NCCC2CCCC(C)C2)CC1. The second-order valence-corrected chi connectivity index (χ2v) is 6.66. The predicted octanol–water partition coefficient (Wildman–Crippen LogP) is 2.80. The minimum atomic E-state index is 0.231. The predicted molar refractivity (Wildman–Crippen MR) is 79.0 cm³/mol. The summed E-state index contributed by atoms with van der Waals surface area (Å²) in [6.45, 7) is 7.12. The smallest absolute Gasteiger partial charge is 0.219 e. The van der Waals surface area contributed by atoms with E-state index in [0.29, 0.717) is 6.04 Å². The molecule has 1 amide bonds. The summed E-state index contributed by atoms with van der Waals surface area (Å²) in [5.74, 6) is 2.13. The van der Waals surface area contributed by atoms with Gasteiger partial charge >= 0.3 is 0 Å². The monoisotopic (exact) mass is 266 g/mol. The van der Waals surface area contributed by atoms with E-state index in [2.05, 4.69) is 12.2 Å². The van der Waals surface area contributed by atoms with Crippen LogP contribution in [0.4, 0.5) is 0 Å². The molecule has 2 atom stereocenters. The highest BCUT2D eigenvalue weighted by atomic mass is 16.2. The number of rotatable bonds is 4. The van der Waals surface area contributed by atoms with Gasteiger partial charge in [-0.2, -0.15) is 0 Å². The van der Waals surface area contributed by atoms with E-state index in [1.807, 2.05) is 4.90 Å². The van der Waals surface area contributed by atoms with Gasteiger partial charge in [0.15, 0.2) is 0 Å². The number of hydrogen-bond acceptors (Lipinski definition) is 2. The topological polar surface area (TPSA) is 32.3 Å². The van der Waals surface area contributed by atoms with Crippen LogP contribution in [0.3, 0.4) is 0 Å². The van der Waals surface area contributed by atoms with Crippen LogP contribution >= 0.6 is 0 Å². The lowest BCUT2D eigenvalue weighted by Crippen LogP contribution is -2.44. The first-order valence-corrected chi connectivity index (χ1v) is 8.14. The third-order valence-electron chi connectivity index (χ3n) is 4.97. The van der Waals surface area contributed by atoms with E-state index in [0.717, 1.165) is 37.8 Å². The van der Waals surface area contributed by atoms with Gasteiger partial charge < -0.3 is 10.2 Å². The molecule has 0 aromatic carbocycles. The Morgan fingerprint density at radius 2 is 1.95 bits per heavy atom. The number of nitrogens with zero attached hydrogens (tertiary/aromatic N) is 1. The first-order chi connectivity index (χ1) is 9.15. The lowest BCUT2D eigenvalue weighted by molar-refractivity contribution is -0.129. The lowest BCUT2D eigenvalue weighted by atomic mass is 9.81. The van der Waals surface area contributed by atoms with Gasteiger partial charge in [0.05, 0.1) is 0 Å². The Balaban J connectivity index is 1.58. The number of likely N-dealkylation sites (tertiary alicyclic amines) is 1. The zero-order valence-electron chi connectivity index (χ0n) is 12.7. The van der Waals surface area contributed by atoms with Crippen LogP contribution in [0.25, 0.3) is 0 Å². The van der Waals surface area contributed by atoms with Crippen molar-refractivity contribution in [2.75, 3.05) is 19.6 Å². The molecule has 1 N–H and O–H groups in total. The molecule has 3 nitrogen and oxygen atoms in total. The van der Waals surface area contributed by atoms with Gasteiger partial charge in [-0.1, -0.05) is 26.2 Å². The zero-order chi connectivity index (χ0) is 13.7. The zero-order valence-corrected chi connectivity index (χ0v) is 12.7. The van der Waals surface area contributed by atoms with Crippen molar-refractivity contribution >= 4 is 5.91 Å². The van der Waals surface area contributed by atoms with Crippen LogP contribution in [0.15, 0.2) is 0 Å². The molecule has 0 aromatic rings. The average molecular weight is 266 g/mol. The molecule has 2 unspecified atom stereocenters. The molecule has 1 saturated heterocycles. The Kier molecular flexibility index (Phi) is 5.68. The van der Waals surface area contributed by atoms with E-state index in [-0.39, 0.29) is 5.91 Å². The second kappa shape index (κ2) is 7.28. The summed E-state index contributed by atoms with van der Waals surface area (Å²) in [6, 6.07) is 0.636. The Morgan fingerprint density at radius 3 is 2.58 bits per heavy atom. The fraction of sp³-hybridized carbons (Fsp3) is 0.938. The standard InChI is InChI=1S/C16H30N2O/c1-13-4-3-5-15(12-13)6-9-17-16-7-10-18(11-8-16)14(2)19/h13,15-17H,3-12H2,1-2H3. The third kappa shape index (κ3) is 4.79. The molecule has 0 bridgehead atoms. The fourth-order valence-corrected chi connectivity index (χ4v) is 3.71. The molecule has 0 aromatic heterocycles.